The highest BCUT2D eigenvalue weighted by molar-refractivity contribution is 8.00. The first kappa shape index (κ1) is 18.5. The Morgan fingerprint density at radius 2 is 1.88 bits per heavy atom. The lowest BCUT2D eigenvalue weighted by atomic mass is 9.95. The largest absolute Gasteiger partial charge is 0.326 e. The third-order valence-corrected chi connectivity index (χ3v) is 5.30. The van der Waals surface area contributed by atoms with Gasteiger partial charge < -0.3 is 5.32 Å². The molecule has 0 aromatic heterocycles. The van der Waals surface area contributed by atoms with E-state index in [0.29, 0.717) is 17.1 Å². The lowest BCUT2D eigenvalue weighted by Crippen LogP contribution is -2.28. The standard InChI is InChI=1S/C20H21FN2O2S/c1-20(2,3)19(25)22-15-9-7-13(8-10-15)18-23(17(24)12-26-18)16-6-4-5-14(21)11-16/h4-11,18H,12H2,1-3H3,(H,22,25)/t18-/m0/s1. The Morgan fingerprint density at radius 3 is 2.50 bits per heavy atom. The Labute approximate surface area is 156 Å². The number of benzene rings is 2. The molecule has 1 saturated heterocycles. The van der Waals surface area contributed by atoms with E-state index in [2.05, 4.69) is 5.32 Å². The van der Waals surface area contributed by atoms with Crippen LogP contribution in [0.4, 0.5) is 15.8 Å². The molecule has 0 spiro atoms. The molecule has 1 N–H and O–H groups in total. The van der Waals surface area contributed by atoms with E-state index in [4.69, 9.17) is 0 Å². The van der Waals surface area contributed by atoms with Gasteiger partial charge in [-0.05, 0) is 35.9 Å². The zero-order valence-electron chi connectivity index (χ0n) is 15.0. The summed E-state index contributed by atoms with van der Waals surface area (Å²) in [6.45, 7) is 5.57. The van der Waals surface area contributed by atoms with Crippen LogP contribution in [0.15, 0.2) is 48.5 Å². The van der Waals surface area contributed by atoms with Gasteiger partial charge in [-0.2, -0.15) is 0 Å². The summed E-state index contributed by atoms with van der Waals surface area (Å²) in [7, 11) is 0. The fraction of sp³-hybridized carbons (Fsp3) is 0.300. The molecule has 0 aliphatic carbocycles. The molecule has 6 heteroatoms. The van der Waals surface area contributed by atoms with Crippen LogP contribution in [0, 0.1) is 11.2 Å². The topological polar surface area (TPSA) is 49.4 Å². The second-order valence-electron chi connectivity index (χ2n) is 7.23. The number of halogens is 1. The van der Waals surface area contributed by atoms with Gasteiger partial charge in [0.05, 0.1) is 5.75 Å². The maximum atomic E-state index is 13.6. The summed E-state index contributed by atoms with van der Waals surface area (Å²) in [5.41, 5.74) is 1.72. The molecular formula is C20H21FN2O2S. The van der Waals surface area contributed by atoms with Crippen LogP contribution >= 0.6 is 11.8 Å². The van der Waals surface area contributed by atoms with E-state index in [0.717, 1.165) is 5.56 Å². The summed E-state index contributed by atoms with van der Waals surface area (Å²) in [5.74, 6) is -0.122. The van der Waals surface area contributed by atoms with Gasteiger partial charge in [0, 0.05) is 16.8 Å². The van der Waals surface area contributed by atoms with Crippen LogP contribution in [0.25, 0.3) is 0 Å². The van der Waals surface area contributed by atoms with Crippen molar-refractivity contribution in [2.75, 3.05) is 16.0 Å². The Bertz CT molecular complexity index is 830. The highest BCUT2D eigenvalue weighted by Crippen LogP contribution is 2.42. The number of anilines is 2. The molecule has 26 heavy (non-hydrogen) atoms. The van der Waals surface area contributed by atoms with E-state index in [-0.39, 0.29) is 23.0 Å². The number of rotatable bonds is 3. The number of carbonyl (C=O) groups is 2. The van der Waals surface area contributed by atoms with E-state index in [9.17, 15) is 14.0 Å². The normalized spacial score (nSPS) is 17.5. The zero-order valence-corrected chi connectivity index (χ0v) is 15.8. The molecule has 1 heterocycles. The van der Waals surface area contributed by atoms with Crippen LogP contribution in [0.3, 0.4) is 0 Å². The minimum Gasteiger partial charge on any atom is -0.326 e. The number of carbonyl (C=O) groups excluding carboxylic acids is 2. The van der Waals surface area contributed by atoms with Gasteiger partial charge >= 0.3 is 0 Å². The summed E-state index contributed by atoms with van der Waals surface area (Å²) >= 11 is 1.50. The molecule has 0 radical (unpaired) electrons. The molecule has 2 aromatic rings. The number of hydrogen-bond acceptors (Lipinski definition) is 3. The molecule has 1 fully saturated rings. The first-order valence-electron chi connectivity index (χ1n) is 8.36. The van der Waals surface area contributed by atoms with E-state index in [1.54, 1.807) is 17.0 Å². The molecule has 2 aromatic carbocycles. The van der Waals surface area contributed by atoms with Crippen molar-refractivity contribution in [2.45, 2.75) is 26.1 Å². The van der Waals surface area contributed by atoms with E-state index in [1.165, 1.54) is 23.9 Å². The van der Waals surface area contributed by atoms with Gasteiger partial charge in [0.1, 0.15) is 11.2 Å². The zero-order chi connectivity index (χ0) is 18.9. The second kappa shape index (κ2) is 7.11. The summed E-state index contributed by atoms with van der Waals surface area (Å²) in [5, 5.41) is 2.67. The lowest BCUT2D eigenvalue weighted by molar-refractivity contribution is -0.123. The Hall–Kier alpha value is -2.34. The molecule has 136 valence electrons. The monoisotopic (exact) mass is 372 g/mol. The quantitative estimate of drug-likeness (QED) is 0.857. The van der Waals surface area contributed by atoms with Crippen molar-refractivity contribution < 1.29 is 14.0 Å². The molecule has 0 unspecified atom stereocenters. The molecule has 4 nitrogen and oxygen atoms in total. The molecule has 1 aliphatic heterocycles. The van der Waals surface area contributed by atoms with Crippen LogP contribution in [0.5, 0.6) is 0 Å². The average Bonchev–Trinajstić information content (AvgIpc) is 2.96. The third-order valence-electron chi connectivity index (χ3n) is 4.09. The highest BCUT2D eigenvalue weighted by Gasteiger charge is 2.34. The first-order chi connectivity index (χ1) is 12.3. The predicted molar refractivity (Wildman–Crippen MR) is 104 cm³/mol. The van der Waals surface area contributed by atoms with Crippen LogP contribution in [-0.4, -0.2) is 17.6 Å². The molecule has 2 amide bonds. The van der Waals surface area contributed by atoms with Gasteiger partial charge in [-0.25, -0.2) is 4.39 Å². The molecule has 0 saturated carbocycles. The summed E-state index contributed by atoms with van der Waals surface area (Å²) in [4.78, 5) is 26.0. The summed E-state index contributed by atoms with van der Waals surface area (Å²) in [6.07, 6.45) is 0. The van der Waals surface area contributed by atoms with Gasteiger partial charge in [-0.15, -0.1) is 11.8 Å². The summed E-state index contributed by atoms with van der Waals surface area (Å²) in [6, 6.07) is 13.5. The van der Waals surface area contributed by atoms with Crippen LogP contribution in [0.1, 0.15) is 31.7 Å². The molecular weight excluding hydrogens is 351 g/mol. The average molecular weight is 372 g/mol. The fourth-order valence-electron chi connectivity index (χ4n) is 2.63. The lowest BCUT2D eigenvalue weighted by Gasteiger charge is -2.24. The maximum absolute atomic E-state index is 13.6. The van der Waals surface area contributed by atoms with Crippen LogP contribution in [-0.2, 0) is 9.59 Å². The van der Waals surface area contributed by atoms with Gasteiger partial charge in [-0.3, -0.25) is 14.5 Å². The van der Waals surface area contributed by atoms with Gasteiger partial charge in [0.25, 0.3) is 0 Å². The van der Waals surface area contributed by atoms with Crippen molar-refractivity contribution in [1.82, 2.24) is 0 Å². The molecule has 3 rings (SSSR count). The highest BCUT2D eigenvalue weighted by atomic mass is 32.2. The van der Waals surface area contributed by atoms with Crippen molar-refractivity contribution in [2.24, 2.45) is 5.41 Å². The van der Waals surface area contributed by atoms with Crippen molar-refractivity contribution in [3.05, 3.63) is 59.9 Å². The Balaban J connectivity index is 1.82. The predicted octanol–water partition coefficient (Wildman–Crippen LogP) is 4.59. The minimum atomic E-state index is -0.472. The first-order valence-corrected chi connectivity index (χ1v) is 9.41. The van der Waals surface area contributed by atoms with E-state index in [1.807, 2.05) is 45.0 Å². The number of amides is 2. The van der Waals surface area contributed by atoms with Crippen molar-refractivity contribution >= 4 is 35.0 Å². The fourth-order valence-corrected chi connectivity index (χ4v) is 3.80. The van der Waals surface area contributed by atoms with Crippen molar-refractivity contribution in [3.8, 4) is 0 Å². The minimum absolute atomic E-state index is 0.0456. The number of thioether (sulfide) groups is 1. The van der Waals surface area contributed by atoms with Crippen LogP contribution in [0.2, 0.25) is 0 Å². The second-order valence-corrected chi connectivity index (χ2v) is 8.30. The number of hydrogen-bond donors (Lipinski definition) is 1. The Morgan fingerprint density at radius 1 is 1.19 bits per heavy atom. The Kier molecular flexibility index (Phi) is 5.05. The molecule has 0 bridgehead atoms. The smallest absolute Gasteiger partial charge is 0.238 e. The molecule has 1 atom stereocenters. The van der Waals surface area contributed by atoms with E-state index >= 15 is 0 Å². The number of nitrogens with one attached hydrogen (secondary N) is 1. The van der Waals surface area contributed by atoms with Crippen molar-refractivity contribution in [3.63, 3.8) is 0 Å². The van der Waals surface area contributed by atoms with E-state index < -0.39 is 5.41 Å². The SMILES string of the molecule is CC(C)(C)C(=O)Nc1ccc([C@@H]2SCC(=O)N2c2cccc(F)c2)cc1. The molecule has 1 aliphatic rings. The summed E-state index contributed by atoms with van der Waals surface area (Å²) < 4.78 is 13.6. The van der Waals surface area contributed by atoms with Crippen LogP contribution < -0.4 is 10.2 Å². The van der Waals surface area contributed by atoms with Crippen molar-refractivity contribution in [1.29, 1.82) is 0 Å². The maximum Gasteiger partial charge on any atom is 0.238 e. The number of nitrogens with zero attached hydrogens (tertiary/aromatic N) is 1. The van der Waals surface area contributed by atoms with Gasteiger partial charge in [-0.1, -0.05) is 39.0 Å². The van der Waals surface area contributed by atoms with Gasteiger partial charge in [0.2, 0.25) is 11.8 Å². The third kappa shape index (κ3) is 3.90. The van der Waals surface area contributed by atoms with Gasteiger partial charge in [0.15, 0.2) is 0 Å².